The van der Waals surface area contributed by atoms with Crippen molar-refractivity contribution in [3.8, 4) is 0 Å². The maximum absolute atomic E-state index is 13.1. The van der Waals surface area contributed by atoms with Crippen LogP contribution in [0.15, 0.2) is 36.7 Å². The fourth-order valence-corrected chi connectivity index (χ4v) is 1.91. The highest BCUT2D eigenvalue weighted by Gasteiger charge is 2.08. The summed E-state index contributed by atoms with van der Waals surface area (Å²) in [5.74, 6) is -0.357. The number of fused-ring (bicyclic) bond motifs is 3. The highest BCUT2D eigenvalue weighted by Crippen LogP contribution is 2.20. The van der Waals surface area contributed by atoms with E-state index in [1.807, 2.05) is 0 Å². The van der Waals surface area contributed by atoms with Crippen LogP contribution < -0.4 is 0 Å². The summed E-state index contributed by atoms with van der Waals surface area (Å²) in [6.07, 6.45) is 3.46. The van der Waals surface area contributed by atoms with Gasteiger partial charge in [0.2, 0.25) is 0 Å². The number of Topliss-reactive ketones (excluding diaryl/α,β-unsaturated/α-hetero) is 1. The van der Waals surface area contributed by atoms with Crippen molar-refractivity contribution in [2.75, 3.05) is 0 Å². The van der Waals surface area contributed by atoms with Crippen LogP contribution in [0, 0.1) is 5.82 Å². The van der Waals surface area contributed by atoms with Crippen LogP contribution in [0.4, 0.5) is 4.39 Å². The van der Waals surface area contributed by atoms with Crippen molar-refractivity contribution < 1.29 is 9.18 Å². The van der Waals surface area contributed by atoms with Crippen molar-refractivity contribution in [1.29, 1.82) is 0 Å². The first-order chi connectivity index (χ1) is 8.15. The van der Waals surface area contributed by atoms with Gasteiger partial charge in [0.1, 0.15) is 17.2 Å². The van der Waals surface area contributed by atoms with Gasteiger partial charge in [0, 0.05) is 24.7 Å². The summed E-state index contributed by atoms with van der Waals surface area (Å²) in [5, 5.41) is 1.61. The number of hydrogen-bond donors (Lipinski definition) is 0. The Hall–Kier alpha value is -2.23. The van der Waals surface area contributed by atoms with E-state index < -0.39 is 0 Å². The van der Waals surface area contributed by atoms with Gasteiger partial charge in [0.05, 0.1) is 0 Å². The number of aromatic nitrogens is 2. The molecule has 4 heteroatoms. The molecule has 1 aromatic carbocycles. The van der Waals surface area contributed by atoms with Gasteiger partial charge in [0.25, 0.3) is 0 Å². The van der Waals surface area contributed by atoms with E-state index in [1.165, 1.54) is 19.1 Å². The summed E-state index contributed by atoms with van der Waals surface area (Å²) < 4.78 is 14.9. The molecule has 0 saturated carbocycles. The summed E-state index contributed by atoms with van der Waals surface area (Å²) in [5.41, 5.74) is 1.09. The Labute approximate surface area is 96.5 Å². The molecule has 0 amide bonds. The fourth-order valence-electron chi connectivity index (χ4n) is 1.91. The third kappa shape index (κ3) is 1.49. The second-order valence-corrected chi connectivity index (χ2v) is 3.96. The molecule has 2 aromatic heterocycles. The van der Waals surface area contributed by atoms with E-state index in [-0.39, 0.29) is 11.6 Å². The molecule has 0 unspecified atom stereocenters. The molecular formula is C13H9FN2O. The standard InChI is InChI=1S/C13H9FN2O/c1-8(17)12-7-16-5-4-9-6-10(14)2-3-11(9)13(16)15-12/h2-7H,1H3. The fraction of sp³-hybridized carbons (Fsp3) is 0.0769. The molecule has 0 bridgehead atoms. The monoisotopic (exact) mass is 228 g/mol. The zero-order valence-electron chi connectivity index (χ0n) is 9.14. The maximum Gasteiger partial charge on any atom is 0.179 e. The van der Waals surface area contributed by atoms with Gasteiger partial charge < -0.3 is 4.40 Å². The molecular weight excluding hydrogens is 219 g/mol. The summed E-state index contributed by atoms with van der Waals surface area (Å²) in [6.45, 7) is 1.48. The van der Waals surface area contributed by atoms with Gasteiger partial charge in [-0.2, -0.15) is 0 Å². The molecule has 17 heavy (non-hydrogen) atoms. The van der Waals surface area contributed by atoms with Crippen LogP contribution in [0.1, 0.15) is 17.4 Å². The zero-order valence-corrected chi connectivity index (χ0v) is 9.14. The molecule has 3 rings (SSSR count). The third-order valence-corrected chi connectivity index (χ3v) is 2.76. The predicted octanol–water partition coefficient (Wildman–Crippen LogP) is 2.83. The smallest absolute Gasteiger partial charge is 0.179 e. The Kier molecular flexibility index (Phi) is 1.98. The minimum Gasteiger partial charge on any atom is -0.306 e. The van der Waals surface area contributed by atoms with E-state index in [1.54, 1.807) is 28.9 Å². The molecule has 0 saturated heterocycles. The van der Waals surface area contributed by atoms with Crippen molar-refractivity contribution in [1.82, 2.24) is 9.38 Å². The van der Waals surface area contributed by atoms with E-state index in [9.17, 15) is 9.18 Å². The number of nitrogens with zero attached hydrogens (tertiary/aromatic N) is 2. The zero-order chi connectivity index (χ0) is 12.0. The van der Waals surface area contributed by atoms with Crippen molar-refractivity contribution >= 4 is 22.2 Å². The summed E-state index contributed by atoms with van der Waals surface area (Å²) >= 11 is 0. The first kappa shape index (κ1) is 9.96. The van der Waals surface area contributed by atoms with Gasteiger partial charge in [-0.3, -0.25) is 4.79 Å². The van der Waals surface area contributed by atoms with Crippen LogP contribution in [-0.2, 0) is 0 Å². The van der Waals surface area contributed by atoms with Crippen LogP contribution in [0.2, 0.25) is 0 Å². The van der Waals surface area contributed by atoms with Crippen LogP contribution in [0.3, 0.4) is 0 Å². The summed E-state index contributed by atoms with van der Waals surface area (Å²) in [4.78, 5) is 15.5. The Bertz CT molecular complexity index is 746. The molecule has 0 atom stereocenters. The number of carbonyl (C=O) groups excluding carboxylic acids is 1. The molecule has 3 nitrogen and oxygen atoms in total. The summed E-state index contributed by atoms with van der Waals surface area (Å²) in [6, 6.07) is 6.33. The van der Waals surface area contributed by atoms with Crippen molar-refractivity contribution in [3.63, 3.8) is 0 Å². The second kappa shape index (κ2) is 3.38. The van der Waals surface area contributed by atoms with Crippen LogP contribution in [-0.4, -0.2) is 15.2 Å². The Morgan fingerprint density at radius 3 is 2.94 bits per heavy atom. The number of halogens is 1. The highest BCUT2D eigenvalue weighted by molar-refractivity contribution is 5.97. The molecule has 0 fully saturated rings. The normalized spacial score (nSPS) is 11.2. The average molecular weight is 228 g/mol. The van der Waals surface area contributed by atoms with E-state index >= 15 is 0 Å². The highest BCUT2D eigenvalue weighted by atomic mass is 19.1. The largest absolute Gasteiger partial charge is 0.306 e. The number of benzene rings is 1. The Morgan fingerprint density at radius 2 is 2.18 bits per heavy atom. The molecule has 0 spiro atoms. The van der Waals surface area contributed by atoms with E-state index in [0.29, 0.717) is 11.3 Å². The minimum atomic E-state index is -0.278. The average Bonchev–Trinajstić information content (AvgIpc) is 2.72. The maximum atomic E-state index is 13.1. The molecule has 2 heterocycles. The number of carbonyl (C=O) groups is 1. The molecule has 0 N–H and O–H groups in total. The van der Waals surface area contributed by atoms with Gasteiger partial charge in [-0.1, -0.05) is 0 Å². The molecule has 0 aliphatic carbocycles. The predicted molar refractivity (Wildman–Crippen MR) is 62.7 cm³/mol. The van der Waals surface area contributed by atoms with Gasteiger partial charge in [0.15, 0.2) is 5.78 Å². The SMILES string of the molecule is CC(=O)c1cn2ccc3cc(F)ccc3c2n1. The van der Waals surface area contributed by atoms with Crippen LogP contribution >= 0.6 is 0 Å². The lowest BCUT2D eigenvalue weighted by molar-refractivity contribution is 0.101. The topological polar surface area (TPSA) is 34.4 Å². The number of hydrogen-bond acceptors (Lipinski definition) is 2. The van der Waals surface area contributed by atoms with E-state index in [0.717, 1.165) is 10.8 Å². The summed E-state index contributed by atoms with van der Waals surface area (Å²) in [7, 11) is 0. The molecule has 84 valence electrons. The quantitative estimate of drug-likeness (QED) is 0.600. The van der Waals surface area contributed by atoms with Gasteiger partial charge >= 0.3 is 0 Å². The number of pyridine rings is 1. The number of rotatable bonds is 1. The van der Waals surface area contributed by atoms with Crippen molar-refractivity contribution in [3.05, 3.63) is 48.2 Å². The van der Waals surface area contributed by atoms with E-state index in [2.05, 4.69) is 4.98 Å². The second-order valence-electron chi connectivity index (χ2n) is 3.96. The van der Waals surface area contributed by atoms with Gasteiger partial charge in [-0.25, -0.2) is 9.37 Å². The minimum absolute atomic E-state index is 0.0797. The Balaban J connectivity index is 2.42. The van der Waals surface area contributed by atoms with Crippen molar-refractivity contribution in [2.24, 2.45) is 0 Å². The number of imidazole rings is 1. The van der Waals surface area contributed by atoms with Crippen LogP contribution in [0.25, 0.3) is 16.4 Å². The first-order valence-electron chi connectivity index (χ1n) is 5.23. The van der Waals surface area contributed by atoms with E-state index in [4.69, 9.17) is 0 Å². The van der Waals surface area contributed by atoms with Crippen LogP contribution in [0.5, 0.6) is 0 Å². The molecule has 0 aliphatic rings. The lowest BCUT2D eigenvalue weighted by atomic mass is 10.1. The van der Waals surface area contributed by atoms with Gasteiger partial charge in [-0.05, 0) is 29.7 Å². The van der Waals surface area contributed by atoms with Crippen molar-refractivity contribution in [2.45, 2.75) is 6.92 Å². The first-order valence-corrected chi connectivity index (χ1v) is 5.23. The molecule has 3 aromatic rings. The third-order valence-electron chi connectivity index (χ3n) is 2.76. The van der Waals surface area contributed by atoms with Gasteiger partial charge in [-0.15, -0.1) is 0 Å². The Morgan fingerprint density at radius 1 is 1.35 bits per heavy atom. The lowest BCUT2D eigenvalue weighted by Gasteiger charge is -1.99. The molecule has 0 aliphatic heterocycles. The lowest BCUT2D eigenvalue weighted by Crippen LogP contribution is -1.90. The number of ketones is 1. The molecule has 0 radical (unpaired) electrons.